The fraction of sp³-hybridized carbons (Fsp3) is 0.467. The van der Waals surface area contributed by atoms with Gasteiger partial charge < -0.3 is 4.74 Å². The van der Waals surface area contributed by atoms with E-state index in [4.69, 9.17) is 4.74 Å². The van der Waals surface area contributed by atoms with E-state index in [1.807, 2.05) is 12.1 Å². The second kappa shape index (κ2) is 5.53. The van der Waals surface area contributed by atoms with Gasteiger partial charge in [-0.05, 0) is 25.3 Å². The third-order valence-corrected chi connectivity index (χ3v) is 3.78. The molecule has 0 bridgehead atoms. The van der Waals surface area contributed by atoms with Gasteiger partial charge in [0.2, 0.25) is 0 Å². The van der Waals surface area contributed by atoms with Crippen LogP contribution in [0.5, 0.6) is 0 Å². The fourth-order valence-electron chi connectivity index (χ4n) is 2.66. The van der Waals surface area contributed by atoms with E-state index in [9.17, 15) is 0 Å². The second-order valence-corrected chi connectivity index (χ2v) is 5.15. The van der Waals surface area contributed by atoms with Crippen molar-refractivity contribution in [3.05, 3.63) is 35.5 Å². The first-order chi connectivity index (χ1) is 9.34. The summed E-state index contributed by atoms with van der Waals surface area (Å²) in [6.45, 7) is 2.64. The van der Waals surface area contributed by atoms with Crippen LogP contribution < -0.4 is 0 Å². The number of H-pyrrole nitrogens is 1. The zero-order valence-electron chi connectivity index (χ0n) is 11.2. The van der Waals surface area contributed by atoms with Gasteiger partial charge in [0.25, 0.3) is 0 Å². The molecule has 4 heteroatoms. The summed E-state index contributed by atoms with van der Waals surface area (Å²) in [7, 11) is 0. The quantitative estimate of drug-likeness (QED) is 0.914. The molecule has 0 amide bonds. The van der Waals surface area contributed by atoms with Crippen LogP contribution in [-0.4, -0.2) is 21.5 Å². The smallest absolute Gasteiger partial charge is 0.118 e. The molecule has 1 aromatic heterocycles. The first kappa shape index (κ1) is 12.4. The summed E-state index contributed by atoms with van der Waals surface area (Å²) in [5, 5.41) is 11.2. The van der Waals surface area contributed by atoms with Gasteiger partial charge in [-0.3, -0.25) is 0 Å². The van der Waals surface area contributed by atoms with Crippen molar-refractivity contribution in [1.29, 1.82) is 0 Å². The Morgan fingerprint density at radius 2 is 2.00 bits per heavy atom. The molecule has 0 unspecified atom stereocenters. The van der Waals surface area contributed by atoms with Crippen LogP contribution >= 0.6 is 0 Å². The number of ether oxygens (including phenoxy) is 1. The number of rotatable bonds is 4. The van der Waals surface area contributed by atoms with Crippen LogP contribution in [0, 0.1) is 6.92 Å². The first-order valence-electron chi connectivity index (χ1n) is 6.92. The van der Waals surface area contributed by atoms with Gasteiger partial charge in [0, 0.05) is 5.56 Å². The third-order valence-electron chi connectivity index (χ3n) is 3.78. The molecular weight excluding hydrogens is 238 g/mol. The van der Waals surface area contributed by atoms with E-state index in [2.05, 4.69) is 34.5 Å². The molecule has 1 fully saturated rings. The van der Waals surface area contributed by atoms with Crippen molar-refractivity contribution < 1.29 is 4.74 Å². The predicted octanol–water partition coefficient (Wildman–Crippen LogP) is 3.24. The highest BCUT2D eigenvalue weighted by Crippen LogP contribution is 2.26. The number of benzene rings is 1. The summed E-state index contributed by atoms with van der Waals surface area (Å²) in [6, 6.07) is 8.23. The van der Waals surface area contributed by atoms with Gasteiger partial charge in [-0.1, -0.05) is 37.1 Å². The minimum atomic E-state index is 0.404. The molecule has 4 nitrogen and oxygen atoms in total. The van der Waals surface area contributed by atoms with Crippen LogP contribution in [0.1, 0.15) is 36.9 Å². The predicted molar refractivity (Wildman–Crippen MR) is 73.6 cm³/mol. The van der Waals surface area contributed by atoms with Gasteiger partial charge in [-0.15, -0.1) is 0 Å². The van der Waals surface area contributed by atoms with Crippen LogP contribution in [0.3, 0.4) is 0 Å². The number of aromatic amines is 1. The number of nitrogens with one attached hydrogen (secondary N) is 1. The van der Waals surface area contributed by atoms with Crippen LogP contribution in [0.25, 0.3) is 11.3 Å². The topological polar surface area (TPSA) is 50.8 Å². The molecule has 3 rings (SSSR count). The van der Waals surface area contributed by atoms with E-state index >= 15 is 0 Å². The molecule has 1 aliphatic rings. The van der Waals surface area contributed by atoms with E-state index in [1.165, 1.54) is 31.2 Å². The van der Waals surface area contributed by atoms with Crippen molar-refractivity contribution in [2.24, 2.45) is 0 Å². The highest BCUT2D eigenvalue weighted by molar-refractivity contribution is 5.64. The lowest BCUT2D eigenvalue weighted by Gasteiger charge is -2.10. The Morgan fingerprint density at radius 3 is 2.79 bits per heavy atom. The maximum atomic E-state index is 5.93. The normalized spacial score (nSPS) is 16.1. The van der Waals surface area contributed by atoms with Crippen LogP contribution in [0.15, 0.2) is 24.3 Å². The average molecular weight is 257 g/mol. The van der Waals surface area contributed by atoms with E-state index in [1.54, 1.807) is 0 Å². The maximum absolute atomic E-state index is 5.93. The average Bonchev–Trinajstić information content (AvgIpc) is 3.08. The Labute approximate surface area is 113 Å². The summed E-state index contributed by atoms with van der Waals surface area (Å²) in [4.78, 5) is 0. The second-order valence-electron chi connectivity index (χ2n) is 5.15. The van der Waals surface area contributed by atoms with Crippen molar-refractivity contribution >= 4 is 0 Å². The zero-order valence-corrected chi connectivity index (χ0v) is 11.2. The van der Waals surface area contributed by atoms with Crippen LogP contribution in [0.4, 0.5) is 0 Å². The molecule has 1 N–H and O–H groups in total. The standard InChI is InChI=1S/C15H19N3O/c1-11-6-2-5-9-13(11)15-14(16-18-17-15)10-19-12-7-3-4-8-12/h2,5-6,9,12H,3-4,7-8,10H2,1H3,(H,16,17,18). The Kier molecular flexibility index (Phi) is 3.60. The molecule has 1 saturated carbocycles. The van der Waals surface area contributed by atoms with Gasteiger partial charge in [-0.2, -0.15) is 15.4 Å². The molecule has 2 aromatic rings. The van der Waals surface area contributed by atoms with Gasteiger partial charge in [0.05, 0.1) is 12.7 Å². The number of aryl methyl sites for hydroxylation is 1. The number of hydrogen-bond donors (Lipinski definition) is 1. The lowest BCUT2D eigenvalue weighted by Crippen LogP contribution is -2.08. The summed E-state index contributed by atoms with van der Waals surface area (Å²) >= 11 is 0. The van der Waals surface area contributed by atoms with Crippen molar-refractivity contribution in [1.82, 2.24) is 15.4 Å². The van der Waals surface area contributed by atoms with Crippen molar-refractivity contribution in [3.8, 4) is 11.3 Å². The van der Waals surface area contributed by atoms with Crippen LogP contribution in [0.2, 0.25) is 0 Å². The monoisotopic (exact) mass is 257 g/mol. The lowest BCUT2D eigenvalue weighted by atomic mass is 10.0. The summed E-state index contributed by atoms with van der Waals surface area (Å²) in [5.74, 6) is 0. The van der Waals surface area contributed by atoms with Crippen LogP contribution in [-0.2, 0) is 11.3 Å². The van der Waals surface area contributed by atoms with Crippen molar-refractivity contribution in [2.45, 2.75) is 45.3 Å². The third kappa shape index (κ3) is 2.68. The molecule has 0 saturated heterocycles. The molecule has 1 aliphatic carbocycles. The Hall–Kier alpha value is -1.68. The van der Waals surface area contributed by atoms with E-state index in [0.717, 1.165) is 17.0 Å². The summed E-state index contributed by atoms with van der Waals surface area (Å²) < 4.78 is 5.93. The van der Waals surface area contributed by atoms with Gasteiger partial charge in [0.1, 0.15) is 11.4 Å². The Balaban J connectivity index is 1.76. The molecule has 0 atom stereocenters. The summed E-state index contributed by atoms with van der Waals surface area (Å²) in [5.41, 5.74) is 4.15. The number of nitrogens with zero attached hydrogens (tertiary/aromatic N) is 2. The highest BCUT2D eigenvalue weighted by Gasteiger charge is 2.18. The fourth-order valence-corrected chi connectivity index (χ4v) is 2.66. The molecule has 1 aromatic carbocycles. The molecular formula is C15H19N3O. The first-order valence-corrected chi connectivity index (χ1v) is 6.92. The maximum Gasteiger partial charge on any atom is 0.118 e. The highest BCUT2D eigenvalue weighted by atomic mass is 16.5. The molecule has 0 radical (unpaired) electrons. The van der Waals surface area contributed by atoms with E-state index in [0.29, 0.717) is 12.7 Å². The molecule has 0 spiro atoms. The van der Waals surface area contributed by atoms with Gasteiger partial charge in [0.15, 0.2) is 0 Å². The Bertz CT molecular complexity index is 544. The molecule has 0 aliphatic heterocycles. The molecule has 1 heterocycles. The van der Waals surface area contributed by atoms with Crippen molar-refractivity contribution in [3.63, 3.8) is 0 Å². The number of aromatic nitrogens is 3. The minimum absolute atomic E-state index is 0.404. The van der Waals surface area contributed by atoms with Gasteiger partial charge >= 0.3 is 0 Å². The largest absolute Gasteiger partial charge is 0.372 e. The van der Waals surface area contributed by atoms with Crippen molar-refractivity contribution in [2.75, 3.05) is 0 Å². The van der Waals surface area contributed by atoms with Gasteiger partial charge in [-0.25, -0.2) is 0 Å². The minimum Gasteiger partial charge on any atom is -0.372 e. The lowest BCUT2D eigenvalue weighted by molar-refractivity contribution is 0.0440. The number of hydrogen-bond acceptors (Lipinski definition) is 3. The summed E-state index contributed by atoms with van der Waals surface area (Å²) in [6.07, 6.45) is 5.33. The van der Waals surface area contributed by atoms with E-state index in [-0.39, 0.29) is 0 Å². The SMILES string of the molecule is Cc1ccccc1-c1n[nH]nc1COC1CCCC1. The zero-order chi connectivity index (χ0) is 13.1. The Morgan fingerprint density at radius 1 is 1.21 bits per heavy atom. The molecule has 100 valence electrons. The molecule has 19 heavy (non-hydrogen) atoms. The van der Waals surface area contributed by atoms with E-state index < -0.39 is 0 Å².